The van der Waals surface area contributed by atoms with Crippen molar-refractivity contribution in [3.05, 3.63) is 23.8 Å². The van der Waals surface area contributed by atoms with E-state index < -0.39 is 15.9 Å². The number of benzene rings is 1. The fourth-order valence-electron chi connectivity index (χ4n) is 2.90. The zero-order chi connectivity index (χ0) is 19.2. The number of hydrogen-bond acceptors (Lipinski definition) is 5. The van der Waals surface area contributed by atoms with E-state index in [0.29, 0.717) is 0 Å². The lowest BCUT2D eigenvalue weighted by atomic mass is 10.2. The number of carbonyl (C=O) groups excluding carboxylic acids is 2. The molecule has 2 rings (SSSR count). The molecule has 1 aliphatic carbocycles. The maximum Gasteiger partial charge on any atom is 0.251 e. The molecule has 0 spiro atoms. The van der Waals surface area contributed by atoms with Gasteiger partial charge >= 0.3 is 0 Å². The molecule has 0 saturated heterocycles. The van der Waals surface area contributed by atoms with Crippen molar-refractivity contribution in [2.45, 2.75) is 43.0 Å². The molecule has 0 unspecified atom stereocenters. The molecule has 0 radical (unpaired) electrons. The standard InChI is InChI=1S/C17H25N3O5S/c1-18-26(23,24)15-11-12(7-8-14(15)25-2)17(22)19-10-9-16(21)20-13-5-3-4-6-13/h7-8,11,13,18H,3-6,9-10H2,1-2H3,(H,19,22)(H,20,21). The van der Waals surface area contributed by atoms with Gasteiger partial charge in [-0.3, -0.25) is 9.59 Å². The van der Waals surface area contributed by atoms with E-state index in [-0.39, 0.29) is 41.1 Å². The molecule has 8 nitrogen and oxygen atoms in total. The van der Waals surface area contributed by atoms with Crippen LogP contribution in [0, 0.1) is 0 Å². The molecule has 1 fully saturated rings. The van der Waals surface area contributed by atoms with Crippen LogP contribution in [0.25, 0.3) is 0 Å². The van der Waals surface area contributed by atoms with Crippen molar-refractivity contribution < 1.29 is 22.7 Å². The molecule has 0 atom stereocenters. The second kappa shape index (κ2) is 9.00. The maximum absolute atomic E-state index is 12.2. The number of hydrogen-bond donors (Lipinski definition) is 3. The Hall–Kier alpha value is -2.13. The van der Waals surface area contributed by atoms with Gasteiger partial charge in [0.15, 0.2) is 0 Å². The fraction of sp³-hybridized carbons (Fsp3) is 0.529. The molecule has 3 N–H and O–H groups in total. The van der Waals surface area contributed by atoms with Crippen molar-refractivity contribution in [1.82, 2.24) is 15.4 Å². The minimum atomic E-state index is -3.76. The van der Waals surface area contributed by atoms with Gasteiger partial charge in [-0.15, -0.1) is 0 Å². The third-order valence-electron chi connectivity index (χ3n) is 4.34. The molecule has 0 aromatic heterocycles. The number of methoxy groups -OCH3 is 1. The molecule has 1 aromatic rings. The Labute approximate surface area is 153 Å². The third kappa shape index (κ3) is 5.18. The van der Waals surface area contributed by atoms with Gasteiger partial charge in [-0.25, -0.2) is 13.1 Å². The van der Waals surface area contributed by atoms with Crippen LogP contribution < -0.4 is 20.1 Å². The summed E-state index contributed by atoms with van der Waals surface area (Å²) in [4.78, 5) is 24.0. The minimum Gasteiger partial charge on any atom is -0.495 e. The van der Waals surface area contributed by atoms with Gasteiger partial charge in [0, 0.05) is 24.6 Å². The first kappa shape index (κ1) is 20.2. The van der Waals surface area contributed by atoms with Gasteiger partial charge in [-0.05, 0) is 38.1 Å². The van der Waals surface area contributed by atoms with Crippen molar-refractivity contribution in [1.29, 1.82) is 0 Å². The van der Waals surface area contributed by atoms with Gasteiger partial charge in [0.05, 0.1) is 7.11 Å². The summed E-state index contributed by atoms with van der Waals surface area (Å²) in [7, 11) is -1.13. The molecule has 0 heterocycles. The number of carbonyl (C=O) groups is 2. The summed E-state index contributed by atoms with van der Waals surface area (Å²) in [5, 5.41) is 5.58. The van der Waals surface area contributed by atoms with E-state index in [1.165, 1.54) is 32.4 Å². The Morgan fingerprint density at radius 2 is 1.92 bits per heavy atom. The minimum absolute atomic E-state index is 0.0922. The van der Waals surface area contributed by atoms with E-state index in [9.17, 15) is 18.0 Å². The molecule has 0 aliphatic heterocycles. The molecule has 1 saturated carbocycles. The fourth-order valence-corrected chi connectivity index (χ4v) is 3.82. The predicted octanol–water partition coefficient (Wildman–Crippen LogP) is 0.782. The lowest BCUT2D eigenvalue weighted by molar-refractivity contribution is -0.121. The quantitative estimate of drug-likeness (QED) is 0.614. The van der Waals surface area contributed by atoms with Crippen LogP contribution in [0.5, 0.6) is 5.75 Å². The lowest BCUT2D eigenvalue weighted by Crippen LogP contribution is -2.35. The monoisotopic (exact) mass is 383 g/mol. The van der Waals surface area contributed by atoms with E-state index in [4.69, 9.17) is 4.74 Å². The van der Waals surface area contributed by atoms with Crippen LogP contribution >= 0.6 is 0 Å². The van der Waals surface area contributed by atoms with Crippen LogP contribution in [-0.2, 0) is 14.8 Å². The van der Waals surface area contributed by atoms with Crippen LogP contribution in [-0.4, -0.2) is 47.0 Å². The Balaban J connectivity index is 1.94. The second-order valence-electron chi connectivity index (χ2n) is 6.13. The SMILES string of the molecule is CNS(=O)(=O)c1cc(C(=O)NCCC(=O)NC2CCCC2)ccc1OC. The lowest BCUT2D eigenvalue weighted by Gasteiger charge is -2.13. The average molecular weight is 383 g/mol. The van der Waals surface area contributed by atoms with Crippen LogP contribution in [0.4, 0.5) is 0 Å². The molecule has 0 bridgehead atoms. The van der Waals surface area contributed by atoms with Gasteiger partial charge in [0.2, 0.25) is 15.9 Å². The highest BCUT2D eigenvalue weighted by Crippen LogP contribution is 2.24. The largest absolute Gasteiger partial charge is 0.495 e. The number of rotatable bonds is 8. The van der Waals surface area contributed by atoms with Crippen molar-refractivity contribution in [3.63, 3.8) is 0 Å². The van der Waals surface area contributed by atoms with E-state index in [1.807, 2.05) is 0 Å². The summed E-state index contributed by atoms with van der Waals surface area (Å²) in [6.45, 7) is 0.178. The summed E-state index contributed by atoms with van der Waals surface area (Å²) in [5.41, 5.74) is 0.177. The second-order valence-corrected chi connectivity index (χ2v) is 7.98. The summed E-state index contributed by atoms with van der Waals surface area (Å²) >= 11 is 0. The van der Waals surface area contributed by atoms with Crippen molar-refractivity contribution in [3.8, 4) is 5.75 Å². The Morgan fingerprint density at radius 3 is 2.54 bits per heavy atom. The van der Waals surface area contributed by atoms with Crippen molar-refractivity contribution >= 4 is 21.8 Å². The van der Waals surface area contributed by atoms with Crippen LogP contribution in [0.15, 0.2) is 23.1 Å². The van der Waals surface area contributed by atoms with Crippen LogP contribution in [0.1, 0.15) is 42.5 Å². The third-order valence-corrected chi connectivity index (χ3v) is 5.78. The highest BCUT2D eigenvalue weighted by Gasteiger charge is 2.20. The average Bonchev–Trinajstić information content (AvgIpc) is 3.13. The molecular weight excluding hydrogens is 358 g/mol. The predicted molar refractivity (Wildman–Crippen MR) is 96.6 cm³/mol. The van der Waals surface area contributed by atoms with E-state index in [2.05, 4.69) is 15.4 Å². The first-order valence-electron chi connectivity index (χ1n) is 8.56. The normalized spacial score (nSPS) is 14.8. The van der Waals surface area contributed by atoms with Crippen molar-refractivity contribution in [2.75, 3.05) is 20.7 Å². The van der Waals surface area contributed by atoms with Gasteiger partial charge in [0.25, 0.3) is 5.91 Å². The zero-order valence-electron chi connectivity index (χ0n) is 15.0. The number of sulfonamides is 1. The zero-order valence-corrected chi connectivity index (χ0v) is 15.8. The highest BCUT2D eigenvalue weighted by molar-refractivity contribution is 7.89. The summed E-state index contributed by atoms with van der Waals surface area (Å²) in [6, 6.07) is 4.39. The van der Waals surface area contributed by atoms with E-state index >= 15 is 0 Å². The smallest absolute Gasteiger partial charge is 0.251 e. The molecular formula is C17H25N3O5S. The number of ether oxygens (including phenoxy) is 1. The van der Waals surface area contributed by atoms with E-state index in [1.54, 1.807) is 0 Å². The van der Waals surface area contributed by atoms with E-state index in [0.717, 1.165) is 25.7 Å². The van der Waals surface area contributed by atoms with Gasteiger partial charge in [-0.1, -0.05) is 12.8 Å². The first-order valence-corrected chi connectivity index (χ1v) is 10.0. The van der Waals surface area contributed by atoms with Crippen LogP contribution in [0.2, 0.25) is 0 Å². The Bertz CT molecular complexity index is 758. The highest BCUT2D eigenvalue weighted by atomic mass is 32.2. The Kier molecular flexibility index (Phi) is 6.98. The number of amides is 2. The molecule has 26 heavy (non-hydrogen) atoms. The van der Waals surface area contributed by atoms with Crippen molar-refractivity contribution in [2.24, 2.45) is 0 Å². The topological polar surface area (TPSA) is 114 Å². The summed E-state index contributed by atoms with van der Waals surface area (Å²) < 4.78 is 31.3. The van der Waals surface area contributed by atoms with Gasteiger partial charge in [-0.2, -0.15) is 0 Å². The molecule has 2 amide bonds. The molecule has 1 aliphatic rings. The summed E-state index contributed by atoms with van der Waals surface area (Å²) in [6.07, 6.45) is 4.47. The molecule has 9 heteroatoms. The maximum atomic E-state index is 12.2. The summed E-state index contributed by atoms with van der Waals surface area (Å²) in [5.74, 6) is -0.397. The molecule has 144 valence electrons. The van der Waals surface area contributed by atoms with Crippen LogP contribution in [0.3, 0.4) is 0 Å². The van der Waals surface area contributed by atoms with Gasteiger partial charge < -0.3 is 15.4 Å². The number of nitrogens with one attached hydrogen (secondary N) is 3. The Morgan fingerprint density at radius 1 is 1.23 bits per heavy atom. The first-order chi connectivity index (χ1) is 12.4. The molecule has 1 aromatic carbocycles. The van der Waals surface area contributed by atoms with Gasteiger partial charge in [0.1, 0.15) is 10.6 Å².